The van der Waals surface area contributed by atoms with Gasteiger partial charge < -0.3 is 199 Å². The van der Waals surface area contributed by atoms with Gasteiger partial charge in [-0.05, 0) is 6.92 Å². The average Bonchev–Trinajstić information content (AvgIpc) is 0.778. The van der Waals surface area contributed by atoms with E-state index in [0.717, 1.165) is 13.8 Å². The SMILES string of the molecule is CC(=O)N[C@@H]1[C@@H](O)[C@H](O[C@@H]2O[C@H](CO)[C@@H](O[C@@H]3O[C@H](CO[C@H]4O[C@H](CO[C@H]5O[C@H](CO)[C@@H](O)[C@H](O)[C@@H]5O)[C@@H](O)[C@H](O[C@H]5O[C@H](CO)[C@@H](O)[C@H](O)[C@@H]5O)[C@@H]4O)[C@@H](O)[C@H](O[C@H]4O[C@H](CO)[C@@H](O)[C@H](O)[C@@H]4O)[C@@H]3O)[C@H](O)[C@H]2NC(C)=O)[C@@H](CO[C@@H]2O[C@@H](C)[C@@H](O)[C@@H](O)[C@@H]2O)O[C@H]1O. The molecule has 8 heterocycles. The molecule has 0 aromatic rings. The number of carbonyl (C=O) groups is 2. The van der Waals surface area contributed by atoms with Gasteiger partial charge >= 0.3 is 0 Å². The zero-order valence-electron chi connectivity index (χ0n) is 50.3. The van der Waals surface area contributed by atoms with Gasteiger partial charge in [0, 0.05) is 13.8 Å². The van der Waals surface area contributed by atoms with E-state index in [1.165, 1.54) is 6.92 Å². The molecule has 0 unspecified atom stereocenters. The van der Waals surface area contributed by atoms with E-state index >= 15 is 0 Å². The van der Waals surface area contributed by atoms with Crippen LogP contribution in [-0.2, 0) is 80.6 Å². The van der Waals surface area contributed by atoms with Gasteiger partial charge in [-0.3, -0.25) is 9.59 Å². The Morgan fingerprint density at radius 2 is 0.606 bits per heavy atom. The normalized spacial score (nSPS) is 51.2. The van der Waals surface area contributed by atoms with Crippen LogP contribution in [0.15, 0.2) is 0 Å². The quantitative estimate of drug-likeness (QED) is 0.0452. The Balaban J connectivity index is 1.07. The van der Waals surface area contributed by atoms with E-state index in [0.29, 0.717) is 0 Å². The highest BCUT2D eigenvalue weighted by atomic mass is 16.8. The fraction of sp³-hybridized carbons (Fsp3) is 0.962. The predicted octanol–water partition coefficient (Wildman–Crippen LogP) is -17.1. The largest absolute Gasteiger partial charge is 0.394 e. The third-order valence-electron chi connectivity index (χ3n) is 17.4. The number of aliphatic hydroxyl groups excluding tert-OH is 23. The molecule has 8 aliphatic heterocycles. The molecule has 0 spiro atoms. The van der Waals surface area contributed by atoms with Crippen molar-refractivity contribution in [3.05, 3.63) is 0 Å². The minimum atomic E-state index is -2.39. The van der Waals surface area contributed by atoms with E-state index in [2.05, 4.69) is 10.6 Å². The second-order valence-corrected chi connectivity index (χ2v) is 23.9. The molecule has 0 radical (unpaired) electrons. The summed E-state index contributed by atoms with van der Waals surface area (Å²) in [5, 5.41) is 255. The van der Waals surface area contributed by atoms with Crippen LogP contribution in [0.4, 0.5) is 0 Å². The first-order valence-electron chi connectivity index (χ1n) is 30.0. The molecule has 42 heteroatoms. The molecule has 8 saturated heterocycles. The summed E-state index contributed by atoms with van der Waals surface area (Å²) in [5.41, 5.74) is 0. The van der Waals surface area contributed by atoms with E-state index in [1.54, 1.807) is 0 Å². The average molecular weight is 1380 g/mol. The van der Waals surface area contributed by atoms with Gasteiger partial charge in [0.15, 0.2) is 50.3 Å². The van der Waals surface area contributed by atoms with Gasteiger partial charge in [0.1, 0.15) is 189 Å². The maximum absolute atomic E-state index is 12.9. The topological polar surface area (TPSA) is 662 Å². The lowest BCUT2D eigenvalue weighted by Crippen LogP contribution is -2.70. The van der Waals surface area contributed by atoms with Gasteiger partial charge in [0.2, 0.25) is 11.8 Å². The van der Waals surface area contributed by atoms with E-state index in [1.807, 2.05) is 0 Å². The lowest BCUT2D eigenvalue weighted by atomic mass is 9.93. The fourth-order valence-corrected chi connectivity index (χ4v) is 11.9. The standard InChI is InChI=1S/C52H88N2O40/c1-11-23(61)31(69)35(73)47(83-11)82-10-20-42(29(67)21(45(79)84-20)53-12(2)59)91-46-22(54-13(3)60)30(68)41(17(7-58)88-46)92-52-40(78)44(94-51-38(76)34(72)26(64)16(6-57)87-51)28(66)19(90-52)9-81-49-39(77)43(93-50-37(75)33(71)25(63)15(5-56)86-50)27(65)18(89-49)8-80-48-36(74)32(70)24(62)14(4-55)85-48/h11,14-52,55-58,61-79H,4-10H2,1-3H3,(H,53,59)(H,54,60)/t11-,14+,15+,16+,17+,18+,19+,20+,21+,22+,23+,24+,25+,26+,27+,28+,29+,30+,31+,32-,33-,34-,35-,36-,37-,38-,39-,40-,41+,42+,43-,44-,45+,46-,47+,48-,49-,50+,51+,52-/m0/s1. The van der Waals surface area contributed by atoms with Crippen LogP contribution in [0.25, 0.3) is 0 Å². The highest BCUT2D eigenvalue weighted by Gasteiger charge is 2.59. The Morgan fingerprint density at radius 3 is 1.06 bits per heavy atom. The van der Waals surface area contributed by atoms with Crippen molar-refractivity contribution in [3.8, 4) is 0 Å². The summed E-state index contributed by atoms with van der Waals surface area (Å²) >= 11 is 0. The summed E-state index contributed by atoms with van der Waals surface area (Å²) in [6, 6.07) is -3.58. The second kappa shape index (κ2) is 33.3. The summed E-state index contributed by atoms with van der Waals surface area (Å²) in [4.78, 5) is 25.2. The lowest BCUT2D eigenvalue weighted by Gasteiger charge is -2.50. The fourth-order valence-electron chi connectivity index (χ4n) is 11.9. The summed E-state index contributed by atoms with van der Waals surface area (Å²) in [6.07, 6.45) is -74.7. The van der Waals surface area contributed by atoms with Crippen LogP contribution in [0.3, 0.4) is 0 Å². The van der Waals surface area contributed by atoms with E-state index in [-0.39, 0.29) is 0 Å². The van der Waals surface area contributed by atoms with Crippen molar-refractivity contribution >= 4 is 11.8 Å². The smallest absolute Gasteiger partial charge is 0.217 e. The molecule has 8 rings (SSSR count). The Bertz CT molecular complexity index is 2360. The molecular weight excluding hydrogens is 1290 g/mol. The van der Waals surface area contributed by atoms with Gasteiger partial charge in [-0.2, -0.15) is 0 Å². The van der Waals surface area contributed by atoms with Crippen molar-refractivity contribution in [1.29, 1.82) is 0 Å². The molecule has 8 aliphatic rings. The summed E-state index contributed by atoms with van der Waals surface area (Å²) in [6.45, 7) is -3.53. The molecule has 25 N–H and O–H groups in total. The molecule has 0 aliphatic carbocycles. The maximum Gasteiger partial charge on any atom is 0.217 e. The van der Waals surface area contributed by atoms with Crippen LogP contribution in [-0.4, -0.2) is 421 Å². The van der Waals surface area contributed by atoms with Gasteiger partial charge in [-0.15, -0.1) is 0 Å². The molecule has 546 valence electrons. The zero-order chi connectivity index (χ0) is 69.2. The number of hydrogen-bond acceptors (Lipinski definition) is 40. The Labute approximate surface area is 532 Å². The van der Waals surface area contributed by atoms with E-state index < -0.39 is 304 Å². The van der Waals surface area contributed by atoms with Crippen molar-refractivity contribution < 1.29 is 198 Å². The van der Waals surface area contributed by atoms with Crippen molar-refractivity contribution in [2.45, 2.75) is 266 Å². The number of carbonyl (C=O) groups excluding carboxylic acids is 2. The Kier molecular flexibility index (Phi) is 27.3. The first-order chi connectivity index (χ1) is 44.4. The first kappa shape index (κ1) is 77.2. The van der Waals surface area contributed by atoms with Crippen LogP contribution in [0.2, 0.25) is 0 Å². The summed E-state index contributed by atoms with van der Waals surface area (Å²) in [5.74, 6) is -1.71. The van der Waals surface area contributed by atoms with Gasteiger partial charge in [-0.25, -0.2) is 0 Å². The molecule has 40 atom stereocenters. The lowest BCUT2D eigenvalue weighted by molar-refractivity contribution is -0.388. The molecule has 0 bridgehead atoms. The van der Waals surface area contributed by atoms with Crippen LogP contribution >= 0.6 is 0 Å². The molecule has 0 aromatic carbocycles. The van der Waals surface area contributed by atoms with Crippen LogP contribution in [0, 0.1) is 0 Å². The van der Waals surface area contributed by atoms with Crippen LogP contribution in [0.5, 0.6) is 0 Å². The summed E-state index contributed by atoms with van der Waals surface area (Å²) in [7, 11) is 0. The number of nitrogens with one attached hydrogen (secondary N) is 2. The van der Waals surface area contributed by atoms with E-state index in [4.69, 9.17) is 71.1 Å². The molecule has 94 heavy (non-hydrogen) atoms. The molecule has 42 nitrogen and oxygen atoms in total. The molecule has 0 aromatic heterocycles. The second-order valence-electron chi connectivity index (χ2n) is 23.9. The summed E-state index contributed by atoms with van der Waals surface area (Å²) < 4.78 is 86.4. The van der Waals surface area contributed by atoms with Gasteiger partial charge in [0.25, 0.3) is 0 Å². The highest BCUT2D eigenvalue weighted by molar-refractivity contribution is 5.73. The minimum absolute atomic E-state index is 0.789. The minimum Gasteiger partial charge on any atom is -0.394 e. The number of amides is 2. The maximum atomic E-state index is 12.9. The Hall–Kier alpha value is -2.58. The predicted molar refractivity (Wildman–Crippen MR) is 286 cm³/mol. The van der Waals surface area contributed by atoms with E-state index in [9.17, 15) is 127 Å². The number of rotatable bonds is 23. The molecular formula is C52H88N2O40. The van der Waals surface area contributed by atoms with Crippen LogP contribution < -0.4 is 10.6 Å². The number of aliphatic hydroxyl groups is 23. The zero-order valence-corrected chi connectivity index (χ0v) is 50.3. The number of hydrogen-bond donors (Lipinski definition) is 25. The molecule has 8 fully saturated rings. The van der Waals surface area contributed by atoms with Crippen molar-refractivity contribution in [1.82, 2.24) is 10.6 Å². The van der Waals surface area contributed by atoms with Crippen LogP contribution in [0.1, 0.15) is 20.8 Å². The van der Waals surface area contributed by atoms with Crippen molar-refractivity contribution in [2.24, 2.45) is 0 Å². The van der Waals surface area contributed by atoms with Crippen molar-refractivity contribution in [3.63, 3.8) is 0 Å². The highest BCUT2D eigenvalue weighted by Crippen LogP contribution is 2.38. The van der Waals surface area contributed by atoms with Gasteiger partial charge in [0.05, 0.1) is 52.4 Å². The Morgan fingerprint density at radius 1 is 0.298 bits per heavy atom. The number of ether oxygens (including phenoxy) is 15. The van der Waals surface area contributed by atoms with Crippen molar-refractivity contribution in [2.75, 3.05) is 46.2 Å². The van der Waals surface area contributed by atoms with Gasteiger partial charge in [-0.1, -0.05) is 0 Å². The third kappa shape index (κ3) is 16.7. The molecule has 2 amide bonds. The monoisotopic (exact) mass is 1380 g/mol. The third-order valence-corrected chi connectivity index (χ3v) is 17.4. The first-order valence-corrected chi connectivity index (χ1v) is 30.0. The molecule has 0 saturated carbocycles.